The van der Waals surface area contributed by atoms with E-state index in [1.54, 1.807) is 12.4 Å². The van der Waals surface area contributed by atoms with E-state index in [1.165, 1.54) is 28.8 Å². The van der Waals surface area contributed by atoms with E-state index in [-0.39, 0.29) is 11.7 Å². The van der Waals surface area contributed by atoms with Crippen molar-refractivity contribution in [2.75, 3.05) is 26.2 Å². The van der Waals surface area contributed by atoms with Gasteiger partial charge in [0.25, 0.3) is 5.91 Å². The van der Waals surface area contributed by atoms with Crippen molar-refractivity contribution in [1.82, 2.24) is 20.2 Å². The number of nitrogens with one attached hydrogen (secondary N) is 2. The molecule has 37 heavy (non-hydrogen) atoms. The highest BCUT2D eigenvalue weighted by molar-refractivity contribution is 5.94. The van der Waals surface area contributed by atoms with Crippen molar-refractivity contribution in [2.45, 2.75) is 19.8 Å². The Balaban J connectivity index is 1.30. The number of benzene rings is 2. The normalized spacial score (nSPS) is 13.8. The van der Waals surface area contributed by atoms with E-state index in [2.05, 4.69) is 32.5 Å². The molecule has 5 rings (SSSR count). The summed E-state index contributed by atoms with van der Waals surface area (Å²) in [5.74, 6) is -0.268. The number of halogens is 1. The highest BCUT2D eigenvalue weighted by atomic mass is 19.1. The highest BCUT2D eigenvalue weighted by Gasteiger charge is 2.20. The summed E-state index contributed by atoms with van der Waals surface area (Å²) < 4.78 is 13.6. The van der Waals surface area contributed by atoms with Gasteiger partial charge in [0.2, 0.25) is 0 Å². The molecule has 3 heterocycles. The molecule has 0 bridgehead atoms. The Morgan fingerprint density at radius 2 is 1.78 bits per heavy atom. The Kier molecular flexibility index (Phi) is 7.57. The molecule has 0 fully saturated rings. The second-order valence-electron chi connectivity index (χ2n) is 9.28. The van der Waals surface area contributed by atoms with E-state index in [4.69, 9.17) is 0 Å². The van der Waals surface area contributed by atoms with Crippen LogP contribution in [0.4, 0.5) is 4.39 Å². The number of amides is 1. The summed E-state index contributed by atoms with van der Waals surface area (Å²) in [6.07, 6.45) is 9.91. The Morgan fingerprint density at radius 1 is 1.03 bits per heavy atom. The largest absolute Gasteiger partial charge is 0.360 e. The lowest BCUT2D eigenvalue weighted by atomic mass is 9.92. The van der Waals surface area contributed by atoms with Gasteiger partial charge in [-0.3, -0.25) is 14.7 Å². The number of H-pyrrole nitrogens is 1. The number of hydrogen-bond acceptors (Lipinski definition) is 3. The third-order valence-corrected chi connectivity index (χ3v) is 6.89. The molecule has 0 unspecified atom stereocenters. The summed E-state index contributed by atoms with van der Waals surface area (Å²) in [5, 5.41) is 2.84. The van der Waals surface area contributed by atoms with Crippen molar-refractivity contribution in [3.63, 3.8) is 0 Å². The molecule has 0 spiro atoms. The van der Waals surface area contributed by atoms with Gasteiger partial charge in [-0.15, -0.1) is 0 Å². The maximum Gasteiger partial charge on any atom is 0.251 e. The van der Waals surface area contributed by atoms with Crippen LogP contribution < -0.4 is 5.32 Å². The Bertz CT molecular complexity index is 1380. The minimum absolute atomic E-state index is 0.0266. The Morgan fingerprint density at radius 3 is 2.46 bits per heavy atom. The van der Waals surface area contributed by atoms with Crippen molar-refractivity contribution in [2.24, 2.45) is 0 Å². The monoisotopic (exact) mass is 494 g/mol. The molecule has 2 N–H and O–H groups in total. The smallest absolute Gasteiger partial charge is 0.251 e. The maximum absolute atomic E-state index is 13.6. The molecule has 0 atom stereocenters. The van der Waals surface area contributed by atoms with Gasteiger partial charge in [-0.05, 0) is 90.6 Å². The fourth-order valence-corrected chi connectivity index (χ4v) is 4.87. The number of carbonyl (C=O) groups excluding carboxylic acids is 1. The molecule has 5 nitrogen and oxygen atoms in total. The molecule has 4 aromatic rings. The van der Waals surface area contributed by atoms with Gasteiger partial charge in [0, 0.05) is 61.5 Å². The zero-order chi connectivity index (χ0) is 25.6. The van der Waals surface area contributed by atoms with Crippen LogP contribution in [0.5, 0.6) is 0 Å². The quantitative estimate of drug-likeness (QED) is 0.318. The predicted molar refractivity (Wildman–Crippen MR) is 147 cm³/mol. The highest BCUT2D eigenvalue weighted by Crippen LogP contribution is 2.39. The van der Waals surface area contributed by atoms with E-state index in [0.29, 0.717) is 12.1 Å². The summed E-state index contributed by atoms with van der Waals surface area (Å²) in [4.78, 5) is 22.1. The lowest BCUT2D eigenvalue weighted by molar-refractivity contribution is 0.0956. The first kappa shape index (κ1) is 24.7. The molecular formula is C31H31FN4O. The number of aromatic nitrogens is 2. The molecule has 0 radical (unpaired) electrons. The van der Waals surface area contributed by atoms with Gasteiger partial charge in [-0.1, -0.05) is 18.2 Å². The van der Waals surface area contributed by atoms with Gasteiger partial charge in [0.05, 0.1) is 5.69 Å². The van der Waals surface area contributed by atoms with Crippen LogP contribution >= 0.6 is 0 Å². The molecule has 1 aliphatic rings. The number of rotatable bonds is 8. The number of aromatic amines is 1. The zero-order valence-corrected chi connectivity index (χ0v) is 21.0. The van der Waals surface area contributed by atoms with Crippen molar-refractivity contribution in [1.29, 1.82) is 0 Å². The van der Waals surface area contributed by atoms with E-state index in [0.717, 1.165) is 54.9 Å². The zero-order valence-electron chi connectivity index (χ0n) is 21.0. The van der Waals surface area contributed by atoms with Crippen LogP contribution in [0.15, 0.2) is 85.3 Å². The number of carbonyl (C=O) groups is 1. The molecule has 1 amide bonds. The number of pyridine rings is 1. The summed E-state index contributed by atoms with van der Waals surface area (Å²) in [6.45, 7) is 5.39. The van der Waals surface area contributed by atoms with Gasteiger partial charge < -0.3 is 10.3 Å². The van der Waals surface area contributed by atoms with Crippen LogP contribution in [-0.2, 0) is 6.42 Å². The van der Waals surface area contributed by atoms with Gasteiger partial charge in [-0.2, -0.15) is 0 Å². The molecule has 6 heteroatoms. The van der Waals surface area contributed by atoms with Crippen molar-refractivity contribution in [3.05, 3.63) is 108 Å². The minimum Gasteiger partial charge on any atom is -0.360 e. The predicted octanol–water partition coefficient (Wildman–Crippen LogP) is 5.96. The summed E-state index contributed by atoms with van der Waals surface area (Å²) in [7, 11) is 0. The first-order valence-electron chi connectivity index (χ1n) is 12.8. The van der Waals surface area contributed by atoms with Crippen LogP contribution in [0.25, 0.3) is 28.0 Å². The van der Waals surface area contributed by atoms with Crippen LogP contribution in [0.1, 0.15) is 34.8 Å². The molecular weight excluding hydrogens is 463 g/mol. The standard InChI is InChI=1S/C31H31FN4O/c1-2-34-31(37)26-5-3-22(4-6-26)13-18-36-19-14-23(15-20-36)28-21-35-30(25-7-9-27(32)10-8-25)29(28)24-11-16-33-17-12-24/h3-12,14,16-17,21,35H,2,13,15,18-20H2,1H3,(H,34,37). The Labute approximate surface area is 217 Å². The number of nitrogens with zero attached hydrogens (tertiary/aromatic N) is 2. The summed E-state index contributed by atoms with van der Waals surface area (Å²) >= 11 is 0. The first-order chi connectivity index (χ1) is 18.1. The SMILES string of the molecule is CCNC(=O)c1ccc(CCN2CC=C(c3c[nH]c(-c4ccc(F)cc4)c3-c3ccncc3)CC2)cc1. The van der Waals surface area contributed by atoms with Gasteiger partial charge >= 0.3 is 0 Å². The second-order valence-corrected chi connectivity index (χ2v) is 9.28. The minimum atomic E-state index is -0.242. The second kappa shape index (κ2) is 11.4. The molecule has 2 aromatic carbocycles. The van der Waals surface area contributed by atoms with Gasteiger partial charge in [0.15, 0.2) is 0 Å². The molecule has 0 saturated heterocycles. The third kappa shape index (κ3) is 5.70. The topological polar surface area (TPSA) is 61.0 Å². The molecule has 1 aliphatic heterocycles. The van der Waals surface area contributed by atoms with E-state index >= 15 is 0 Å². The van der Waals surface area contributed by atoms with Crippen LogP contribution in [0, 0.1) is 5.82 Å². The maximum atomic E-state index is 13.6. The number of hydrogen-bond donors (Lipinski definition) is 2. The molecule has 2 aromatic heterocycles. The third-order valence-electron chi connectivity index (χ3n) is 6.89. The summed E-state index contributed by atoms with van der Waals surface area (Å²) in [5.41, 5.74) is 8.59. The lowest BCUT2D eigenvalue weighted by Crippen LogP contribution is -2.30. The van der Waals surface area contributed by atoms with Crippen LogP contribution in [-0.4, -0.2) is 47.0 Å². The molecule has 188 valence electrons. The van der Waals surface area contributed by atoms with Crippen molar-refractivity contribution < 1.29 is 9.18 Å². The lowest BCUT2D eigenvalue weighted by Gasteiger charge is -2.26. The van der Waals surface area contributed by atoms with Gasteiger partial charge in [0.1, 0.15) is 5.82 Å². The average molecular weight is 495 g/mol. The van der Waals surface area contributed by atoms with Crippen molar-refractivity contribution >= 4 is 11.5 Å². The fourth-order valence-electron chi connectivity index (χ4n) is 4.87. The van der Waals surface area contributed by atoms with Gasteiger partial charge in [-0.25, -0.2) is 4.39 Å². The van der Waals surface area contributed by atoms with Crippen LogP contribution in [0.2, 0.25) is 0 Å². The van der Waals surface area contributed by atoms with E-state index < -0.39 is 0 Å². The molecule has 0 aliphatic carbocycles. The van der Waals surface area contributed by atoms with E-state index in [9.17, 15) is 9.18 Å². The average Bonchev–Trinajstić information content (AvgIpc) is 3.39. The van der Waals surface area contributed by atoms with Crippen molar-refractivity contribution in [3.8, 4) is 22.4 Å². The van der Waals surface area contributed by atoms with Crippen LogP contribution in [0.3, 0.4) is 0 Å². The molecule has 0 saturated carbocycles. The Hall–Kier alpha value is -4.03. The van der Waals surface area contributed by atoms with E-state index in [1.807, 2.05) is 55.5 Å². The first-order valence-corrected chi connectivity index (χ1v) is 12.8. The summed E-state index contributed by atoms with van der Waals surface area (Å²) in [6, 6.07) is 18.6. The fraction of sp³-hybridized carbons (Fsp3) is 0.226.